The minimum absolute atomic E-state index is 0.0286. The van der Waals surface area contributed by atoms with Crippen LogP contribution >= 0.6 is 0 Å². The fourth-order valence-electron chi connectivity index (χ4n) is 1.80. The van der Waals surface area contributed by atoms with Crippen LogP contribution in [0.25, 0.3) is 6.08 Å². The molecule has 0 radical (unpaired) electrons. The number of allylic oxidation sites excluding steroid dienone is 1. The van der Waals surface area contributed by atoms with Crippen LogP contribution in [0.2, 0.25) is 0 Å². The first kappa shape index (κ1) is 14.5. The third-order valence-electron chi connectivity index (χ3n) is 2.95. The molecule has 0 saturated heterocycles. The van der Waals surface area contributed by atoms with Gasteiger partial charge < -0.3 is 9.42 Å². The first-order valence-electron chi connectivity index (χ1n) is 6.38. The number of ketones is 1. The Kier molecular flexibility index (Phi) is 4.19. The molecule has 21 heavy (non-hydrogen) atoms. The molecule has 2 aromatic rings. The standard InChI is InChI=1S/C16H15N3O2/c1-11-8-15(18-21-11)16(20)13(10-17)9-12-4-6-14(7-5-12)19(2)3/h4-9H,1-3H3/b13-9-. The molecule has 2 rings (SSSR count). The number of nitrogens with zero attached hydrogens (tertiary/aromatic N) is 3. The number of carbonyl (C=O) groups excluding carboxylic acids is 1. The van der Waals surface area contributed by atoms with Gasteiger partial charge in [0.05, 0.1) is 0 Å². The molecule has 0 amide bonds. The van der Waals surface area contributed by atoms with Gasteiger partial charge in [0.15, 0.2) is 5.69 Å². The van der Waals surface area contributed by atoms with Crippen molar-refractivity contribution >= 4 is 17.5 Å². The lowest BCUT2D eigenvalue weighted by Gasteiger charge is -2.11. The van der Waals surface area contributed by atoms with Crippen molar-refractivity contribution < 1.29 is 9.32 Å². The zero-order chi connectivity index (χ0) is 15.4. The predicted molar refractivity (Wildman–Crippen MR) is 79.9 cm³/mol. The van der Waals surface area contributed by atoms with Gasteiger partial charge in [0.1, 0.15) is 17.4 Å². The molecule has 0 bridgehead atoms. The number of nitriles is 1. The highest BCUT2D eigenvalue weighted by Gasteiger charge is 2.16. The summed E-state index contributed by atoms with van der Waals surface area (Å²) in [5, 5.41) is 12.8. The van der Waals surface area contributed by atoms with Crippen LogP contribution in [0, 0.1) is 18.3 Å². The Morgan fingerprint density at radius 1 is 1.33 bits per heavy atom. The normalized spacial score (nSPS) is 11.0. The van der Waals surface area contributed by atoms with Crippen LogP contribution in [0.1, 0.15) is 21.8 Å². The maximum absolute atomic E-state index is 12.1. The maximum Gasteiger partial charge on any atom is 0.225 e. The van der Waals surface area contributed by atoms with Crippen molar-refractivity contribution in [1.29, 1.82) is 5.26 Å². The summed E-state index contributed by atoms with van der Waals surface area (Å²) in [6, 6.07) is 11.0. The number of carbonyl (C=O) groups is 1. The van der Waals surface area contributed by atoms with Crippen molar-refractivity contribution in [2.45, 2.75) is 6.92 Å². The van der Waals surface area contributed by atoms with E-state index in [1.807, 2.05) is 49.3 Å². The largest absolute Gasteiger partial charge is 0.378 e. The number of anilines is 1. The Bertz CT molecular complexity index is 719. The molecule has 0 aliphatic carbocycles. The minimum Gasteiger partial charge on any atom is -0.378 e. The molecule has 5 nitrogen and oxygen atoms in total. The number of benzene rings is 1. The lowest BCUT2D eigenvalue weighted by Crippen LogP contribution is -2.08. The average molecular weight is 281 g/mol. The summed E-state index contributed by atoms with van der Waals surface area (Å²) in [6.07, 6.45) is 1.55. The smallest absolute Gasteiger partial charge is 0.225 e. The number of aromatic nitrogens is 1. The monoisotopic (exact) mass is 281 g/mol. The molecule has 0 saturated carbocycles. The zero-order valence-electron chi connectivity index (χ0n) is 12.1. The van der Waals surface area contributed by atoms with Crippen molar-refractivity contribution in [2.75, 3.05) is 19.0 Å². The summed E-state index contributed by atoms with van der Waals surface area (Å²) < 4.78 is 4.86. The number of aryl methyl sites for hydroxylation is 1. The molecule has 0 N–H and O–H groups in total. The van der Waals surface area contributed by atoms with Crippen LogP contribution in [0.4, 0.5) is 5.69 Å². The highest BCUT2D eigenvalue weighted by atomic mass is 16.5. The van der Waals surface area contributed by atoms with Gasteiger partial charge in [-0.3, -0.25) is 4.79 Å². The van der Waals surface area contributed by atoms with E-state index in [-0.39, 0.29) is 11.3 Å². The van der Waals surface area contributed by atoms with Crippen LogP contribution in [-0.4, -0.2) is 25.0 Å². The molecule has 1 heterocycles. The summed E-state index contributed by atoms with van der Waals surface area (Å²) in [5.41, 5.74) is 2.00. The summed E-state index contributed by atoms with van der Waals surface area (Å²) in [5.74, 6) is 0.0945. The second-order valence-corrected chi connectivity index (χ2v) is 4.81. The molecule has 0 aliphatic heterocycles. The Morgan fingerprint density at radius 2 is 2.00 bits per heavy atom. The summed E-state index contributed by atoms with van der Waals surface area (Å²) in [4.78, 5) is 14.1. The van der Waals surface area contributed by atoms with Crippen molar-refractivity contribution in [2.24, 2.45) is 0 Å². The third-order valence-corrected chi connectivity index (χ3v) is 2.95. The molecule has 0 unspecified atom stereocenters. The van der Waals surface area contributed by atoms with Crippen molar-refractivity contribution in [1.82, 2.24) is 5.16 Å². The highest BCUT2D eigenvalue weighted by Crippen LogP contribution is 2.16. The SMILES string of the molecule is Cc1cc(C(=O)/C(C#N)=C\c2ccc(N(C)C)cc2)no1. The molecule has 0 aliphatic rings. The van der Waals surface area contributed by atoms with E-state index < -0.39 is 5.78 Å². The van der Waals surface area contributed by atoms with Gasteiger partial charge in [-0.05, 0) is 30.7 Å². The summed E-state index contributed by atoms with van der Waals surface area (Å²) in [7, 11) is 3.89. The first-order chi connectivity index (χ1) is 10.0. The number of rotatable bonds is 4. The molecule has 0 fully saturated rings. The number of hydrogen-bond donors (Lipinski definition) is 0. The third kappa shape index (κ3) is 3.37. The Balaban J connectivity index is 2.28. The lowest BCUT2D eigenvalue weighted by molar-refractivity contribution is 0.103. The van der Waals surface area contributed by atoms with Gasteiger partial charge in [0, 0.05) is 25.8 Å². The van der Waals surface area contributed by atoms with Gasteiger partial charge in [-0.25, -0.2) is 0 Å². The Hall–Kier alpha value is -2.87. The molecular formula is C16H15N3O2. The van der Waals surface area contributed by atoms with E-state index in [0.717, 1.165) is 11.3 Å². The van der Waals surface area contributed by atoms with Gasteiger partial charge in [0.2, 0.25) is 5.78 Å². The minimum atomic E-state index is -0.439. The van der Waals surface area contributed by atoms with E-state index in [0.29, 0.717) is 5.76 Å². The van der Waals surface area contributed by atoms with Gasteiger partial charge in [-0.2, -0.15) is 5.26 Å². The lowest BCUT2D eigenvalue weighted by atomic mass is 10.1. The fourth-order valence-corrected chi connectivity index (χ4v) is 1.80. The topological polar surface area (TPSA) is 70.1 Å². The van der Waals surface area contributed by atoms with E-state index in [4.69, 9.17) is 9.78 Å². The highest BCUT2D eigenvalue weighted by molar-refractivity contribution is 6.12. The molecule has 106 valence electrons. The second-order valence-electron chi connectivity index (χ2n) is 4.81. The van der Waals surface area contributed by atoms with Crippen molar-refractivity contribution in [3.8, 4) is 6.07 Å². The fraction of sp³-hybridized carbons (Fsp3) is 0.188. The van der Waals surface area contributed by atoms with Gasteiger partial charge in [-0.15, -0.1) is 0 Å². The van der Waals surface area contributed by atoms with Crippen LogP contribution in [0.3, 0.4) is 0 Å². The Morgan fingerprint density at radius 3 is 2.48 bits per heavy atom. The molecular weight excluding hydrogens is 266 g/mol. The quantitative estimate of drug-likeness (QED) is 0.489. The molecule has 1 aromatic heterocycles. The van der Waals surface area contributed by atoms with Crippen LogP contribution in [0.15, 0.2) is 40.4 Å². The van der Waals surface area contributed by atoms with E-state index in [1.54, 1.807) is 13.0 Å². The molecule has 5 heteroatoms. The van der Waals surface area contributed by atoms with Crippen LogP contribution in [-0.2, 0) is 0 Å². The van der Waals surface area contributed by atoms with Crippen molar-refractivity contribution in [3.63, 3.8) is 0 Å². The van der Waals surface area contributed by atoms with E-state index in [9.17, 15) is 4.79 Å². The Labute approximate surface area is 123 Å². The van der Waals surface area contributed by atoms with E-state index in [2.05, 4.69) is 5.16 Å². The average Bonchev–Trinajstić information content (AvgIpc) is 2.91. The number of hydrogen-bond acceptors (Lipinski definition) is 5. The number of Topliss-reactive ketones (excluding diaryl/α,β-unsaturated/α-hetero) is 1. The maximum atomic E-state index is 12.1. The summed E-state index contributed by atoms with van der Waals surface area (Å²) in [6.45, 7) is 1.69. The van der Waals surface area contributed by atoms with Crippen molar-refractivity contribution in [3.05, 3.63) is 52.9 Å². The van der Waals surface area contributed by atoms with Gasteiger partial charge >= 0.3 is 0 Å². The first-order valence-corrected chi connectivity index (χ1v) is 6.38. The predicted octanol–water partition coefficient (Wildman–Crippen LogP) is 2.84. The van der Waals surface area contributed by atoms with Crippen LogP contribution < -0.4 is 4.90 Å². The second kappa shape index (κ2) is 6.06. The van der Waals surface area contributed by atoms with Crippen LogP contribution in [0.5, 0.6) is 0 Å². The molecule has 1 aromatic carbocycles. The van der Waals surface area contributed by atoms with E-state index in [1.165, 1.54) is 6.07 Å². The van der Waals surface area contributed by atoms with Gasteiger partial charge in [-0.1, -0.05) is 17.3 Å². The zero-order valence-corrected chi connectivity index (χ0v) is 12.1. The molecule has 0 atom stereocenters. The van der Waals surface area contributed by atoms with E-state index >= 15 is 0 Å². The van der Waals surface area contributed by atoms with Gasteiger partial charge in [0.25, 0.3) is 0 Å². The molecule has 0 spiro atoms. The summed E-state index contributed by atoms with van der Waals surface area (Å²) >= 11 is 0.